The molecule has 0 nitrogen and oxygen atoms in total. The molecule has 0 radical (unpaired) electrons. The quantitative estimate of drug-likeness (QED) is 0.509. The molecule has 7 heavy (non-hydrogen) atoms. The van der Waals surface area contributed by atoms with Crippen LogP contribution in [0.2, 0.25) is 0 Å². The third-order valence-electron chi connectivity index (χ3n) is 0.374. The summed E-state index contributed by atoms with van der Waals surface area (Å²) in [5, 5.41) is 0. The Bertz CT molecular complexity index is 95.1. The van der Waals surface area contributed by atoms with Crippen LogP contribution in [0.1, 0.15) is 6.92 Å². The SMILES string of the molecule is CC=CB=S(I)I. The first-order chi connectivity index (χ1) is 3.27. The van der Waals surface area contributed by atoms with E-state index < -0.39 is 0 Å². The summed E-state index contributed by atoms with van der Waals surface area (Å²) in [5.74, 6) is 2.07. The number of allylic oxidation sites excluding steroid dienone is 1. The standard InChI is InChI=1S/C3H5BI2S/c1-2-3-4-7(5)6/h2-3H,1H3. The summed E-state index contributed by atoms with van der Waals surface area (Å²) in [6, 6.07) is 0. The summed E-state index contributed by atoms with van der Waals surface area (Å²) < 4.78 is 0.413. The molecule has 0 amide bonds. The third kappa shape index (κ3) is 7.61. The Kier molecular flexibility index (Phi) is 7.07. The van der Waals surface area contributed by atoms with Crippen LogP contribution in [0.15, 0.2) is 12.1 Å². The minimum absolute atomic E-state index is 0.413. The van der Waals surface area contributed by atoms with Gasteiger partial charge in [-0.2, -0.15) is 0 Å². The van der Waals surface area contributed by atoms with Gasteiger partial charge < -0.3 is 0 Å². The molecule has 0 unspecified atom stereocenters. The van der Waals surface area contributed by atoms with Crippen molar-refractivity contribution < 1.29 is 0 Å². The van der Waals surface area contributed by atoms with Crippen molar-refractivity contribution in [2.24, 2.45) is 0 Å². The molecule has 0 aliphatic carbocycles. The van der Waals surface area contributed by atoms with E-state index in [1.165, 1.54) is 0 Å². The van der Waals surface area contributed by atoms with Gasteiger partial charge in [0.25, 0.3) is 0 Å². The van der Waals surface area contributed by atoms with Crippen molar-refractivity contribution in [1.82, 2.24) is 0 Å². The molecule has 0 atom stereocenters. The zero-order valence-electron chi connectivity index (χ0n) is 3.90. The Balaban J connectivity index is 3.46. The summed E-state index contributed by atoms with van der Waals surface area (Å²) in [6.45, 7) is 2.02. The molecule has 0 saturated heterocycles. The Morgan fingerprint density at radius 1 is 1.57 bits per heavy atom. The van der Waals surface area contributed by atoms with Gasteiger partial charge >= 0.3 is 72.2 Å². The molecular formula is C3H5BI2S. The predicted octanol–water partition coefficient (Wildman–Crippen LogP) is 3.11. The van der Waals surface area contributed by atoms with Gasteiger partial charge in [0.15, 0.2) is 0 Å². The van der Waals surface area contributed by atoms with Crippen molar-refractivity contribution in [3.05, 3.63) is 12.1 Å². The van der Waals surface area contributed by atoms with Gasteiger partial charge in [-0.25, -0.2) is 0 Å². The molecule has 40 valence electrons. The van der Waals surface area contributed by atoms with Crippen molar-refractivity contribution in [2.75, 3.05) is 0 Å². The molecule has 0 bridgehead atoms. The first kappa shape index (κ1) is 8.61. The molecular weight excluding hydrogens is 333 g/mol. The molecule has 0 aliphatic rings. The Hall–Kier alpha value is 1.61. The topological polar surface area (TPSA) is 0 Å². The summed E-state index contributed by atoms with van der Waals surface area (Å²) >= 11 is 4.75. The number of rotatable bonds is 1. The second kappa shape index (κ2) is 5.75. The molecule has 4 heteroatoms. The maximum atomic E-state index is 2.37. The number of halogens is 2. The Morgan fingerprint density at radius 3 is 2.29 bits per heavy atom. The van der Waals surface area contributed by atoms with E-state index in [2.05, 4.69) is 54.5 Å². The Labute approximate surface area is 71.3 Å². The third-order valence-corrected chi connectivity index (χ3v) is 2.50. The second-order valence-electron chi connectivity index (χ2n) is 0.898. The van der Waals surface area contributed by atoms with E-state index in [1.807, 2.05) is 13.0 Å². The van der Waals surface area contributed by atoms with Gasteiger partial charge in [-0.3, -0.25) is 0 Å². The van der Waals surface area contributed by atoms with Crippen molar-refractivity contribution in [1.29, 1.82) is 0 Å². The van der Waals surface area contributed by atoms with Gasteiger partial charge in [0, 0.05) is 0 Å². The molecule has 0 rings (SSSR count). The molecule has 0 heterocycles. The molecule has 0 N–H and O–H groups in total. The van der Waals surface area contributed by atoms with E-state index in [1.54, 1.807) is 0 Å². The van der Waals surface area contributed by atoms with E-state index in [-0.39, 0.29) is 0 Å². The van der Waals surface area contributed by atoms with E-state index in [0.29, 0.717) is 4.66 Å². The molecule has 0 aliphatic heterocycles. The van der Waals surface area contributed by atoms with E-state index >= 15 is 0 Å². The number of hydrogen-bond donors (Lipinski definition) is 0. The molecule has 0 saturated carbocycles. The van der Waals surface area contributed by atoms with Gasteiger partial charge in [0.05, 0.1) is 0 Å². The van der Waals surface area contributed by atoms with Crippen molar-refractivity contribution in [2.45, 2.75) is 6.92 Å². The van der Waals surface area contributed by atoms with Crippen LogP contribution in [0.3, 0.4) is 0 Å². The van der Waals surface area contributed by atoms with Crippen LogP contribution >= 0.6 is 47.1 Å². The maximum absolute atomic E-state index is 2.37. The van der Waals surface area contributed by atoms with E-state index in [4.69, 9.17) is 0 Å². The fourth-order valence-electron chi connectivity index (χ4n) is 0.138. The van der Waals surface area contributed by atoms with Crippen LogP contribution in [-0.2, 0) is 0 Å². The number of hydrogen-bond acceptors (Lipinski definition) is 0. The molecule has 0 fully saturated rings. The summed E-state index contributed by atoms with van der Waals surface area (Å²) in [6.07, 6.45) is 4.21. The van der Waals surface area contributed by atoms with Gasteiger partial charge in [-0.05, 0) is 0 Å². The zero-order chi connectivity index (χ0) is 5.70. The van der Waals surface area contributed by atoms with Gasteiger partial charge in [-0.1, -0.05) is 0 Å². The second-order valence-corrected chi connectivity index (χ2v) is 12.4. The first-order valence-electron chi connectivity index (χ1n) is 1.79. The molecule has 0 spiro atoms. The summed E-state index contributed by atoms with van der Waals surface area (Å²) in [5.41, 5.74) is 0. The van der Waals surface area contributed by atoms with Gasteiger partial charge in [-0.15, -0.1) is 0 Å². The summed E-state index contributed by atoms with van der Waals surface area (Å²) in [4.78, 5) is 0. The van der Waals surface area contributed by atoms with Crippen LogP contribution < -0.4 is 0 Å². The van der Waals surface area contributed by atoms with Crippen molar-refractivity contribution in [3.8, 4) is 0 Å². The zero-order valence-corrected chi connectivity index (χ0v) is 9.03. The van der Waals surface area contributed by atoms with Crippen LogP contribution in [0.4, 0.5) is 0 Å². The molecule has 0 aromatic rings. The van der Waals surface area contributed by atoms with Crippen LogP contribution in [0.25, 0.3) is 0 Å². The average Bonchev–Trinajstić information content (AvgIpc) is 1.61. The average molecular weight is 338 g/mol. The van der Waals surface area contributed by atoms with Crippen molar-refractivity contribution in [3.63, 3.8) is 0 Å². The van der Waals surface area contributed by atoms with Crippen LogP contribution in [-0.4, -0.2) is 6.15 Å². The predicted molar refractivity (Wildman–Crippen MR) is 56.2 cm³/mol. The first-order valence-corrected chi connectivity index (χ1v) is 8.16. The van der Waals surface area contributed by atoms with E-state index in [0.717, 1.165) is 0 Å². The van der Waals surface area contributed by atoms with Crippen LogP contribution in [0.5, 0.6) is 0 Å². The normalized spacial score (nSPS) is 10.3. The fourth-order valence-corrected chi connectivity index (χ4v) is 1.43. The van der Waals surface area contributed by atoms with Crippen molar-refractivity contribution >= 4 is 53.2 Å². The molecule has 0 aromatic heterocycles. The van der Waals surface area contributed by atoms with Gasteiger partial charge in [0.1, 0.15) is 0 Å². The monoisotopic (exact) mass is 338 g/mol. The van der Waals surface area contributed by atoms with Crippen LogP contribution in [0, 0.1) is 0 Å². The fraction of sp³-hybridized carbons (Fsp3) is 0.333. The Morgan fingerprint density at radius 2 is 2.14 bits per heavy atom. The summed E-state index contributed by atoms with van der Waals surface area (Å²) in [7, 11) is 0. The van der Waals surface area contributed by atoms with E-state index in [9.17, 15) is 0 Å². The molecule has 0 aromatic carbocycles. The minimum atomic E-state index is 0.413. The van der Waals surface area contributed by atoms with Gasteiger partial charge in [0.2, 0.25) is 0 Å².